The molecule has 1 spiro atoms. The fourth-order valence-corrected chi connectivity index (χ4v) is 7.64. The van der Waals surface area contributed by atoms with E-state index in [0.717, 1.165) is 0 Å². The highest BCUT2D eigenvalue weighted by atomic mass is 16.6. The molecule has 4 fully saturated rings. The maximum atomic E-state index is 12.6. The topological polar surface area (TPSA) is 174 Å². The van der Waals surface area contributed by atoms with Crippen LogP contribution in [0.15, 0.2) is 11.6 Å². The lowest BCUT2D eigenvalue weighted by Gasteiger charge is -2.70. The lowest BCUT2D eigenvalue weighted by atomic mass is 9.36. The van der Waals surface area contributed by atoms with Crippen molar-refractivity contribution in [2.24, 2.45) is 22.7 Å². The molecule has 30 heavy (non-hydrogen) atoms. The number of rotatable bonds is 1. The molecule has 2 aliphatic heterocycles. The summed E-state index contributed by atoms with van der Waals surface area (Å²) in [6, 6.07) is 0. The largest absolute Gasteiger partial charge is 0.460 e. The molecule has 2 heterocycles. The van der Waals surface area contributed by atoms with Crippen LogP contribution >= 0.6 is 0 Å². The van der Waals surface area contributed by atoms with E-state index in [0.29, 0.717) is 5.57 Å². The van der Waals surface area contributed by atoms with E-state index in [-0.39, 0.29) is 13.0 Å². The predicted molar refractivity (Wildman–Crippen MR) is 95.5 cm³/mol. The molecule has 0 amide bonds. The van der Waals surface area contributed by atoms with Gasteiger partial charge in [-0.1, -0.05) is 12.5 Å². The lowest BCUT2D eigenvalue weighted by Crippen LogP contribution is -2.87. The highest BCUT2D eigenvalue weighted by molar-refractivity contribution is 5.96. The number of aliphatic hydroxyl groups is 6. The zero-order chi connectivity index (χ0) is 22.0. The molecule has 2 saturated heterocycles. The molecule has 6 N–H and O–H groups in total. The van der Waals surface area contributed by atoms with Crippen LogP contribution in [0, 0.1) is 22.7 Å². The van der Waals surface area contributed by atoms with Crippen LogP contribution in [0.2, 0.25) is 0 Å². The van der Waals surface area contributed by atoms with Crippen LogP contribution in [0.5, 0.6) is 0 Å². The Kier molecular flexibility index (Phi) is 3.89. The average molecular weight is 426 g/mol. The van der Waals surface area contributed by atoms with Crippen molar-refractivity contribution >= 4 is 11.8 Å². The smallest absolute Gasteiger partial charge is 0.338 e. The summed E-state index contributed by atoms with van der Waals surface area (Å²) in [4.78, 5) is 25.1. The number of hydrogen-bond donors (Lipinski definition) is 6. The van der Waals surface area contributed by atoms with E-state index >= 15 is 0 Å². The molecule has 0 aromatic heterocycles. The molecule has 0 aromatic rings. The van der Waals surface area contributed by atoms with E-state index in [4.69, 9.17) is 9.47 Å². The summed E-state index contributed by atoms with van der Waals surface area (Å²) >= 11 is 0. The van der Waals surface area contributed by atoms with Gasteiger partial charge in [-0.3, -0.25) is 4.79 Å². The van der Waals surface area contributed by atoms with Crippen LogP contribution in [-0.2, 0) is 19.1 Å². The van der Waals surface area contributed by atoms with Crippen molar-refractivity contribution in [3.05, 3.63) is 11.6 Å². The number of ketones is 1. The highest BCUT2D eigenvalue weighted by Gasteiger charge is 2.89. The van der Waals surface area contributed by atoms with Gasteiger partial charge in [0.05, 0.1) is 24.7 Å². The van der Waals surface area contributed by atoms with Crippen LogP contribution in [-0.4, -0.2) is 97.3 Å². The molecule has 0 radical (unpaired) electrons. The second-order valence-electron chi connectivity index (χ2n) is 9.73. The molecule has 10 heteroatoms. The third-order valence-electron chi connectivity index (χ3n) is 8.96. The molecule has 2 saturated carbocycles. The van der Waals surface area contributed by atoms with Gasteiger partial charge in [-0.2, -0.15) is 0 Å². The first-order valence-corrected chi connectivity index (χ1v) is 10.1. The Morgan fingerprint density at radius 3 is 2.47 bits per heavy atom. The molecule has 1 unspecified atom stereocenters. The summed E-state index contributed by atoms with van der Waals surface area (Å²) in [6.45, 7) is 1.96. The monoisotopic (exact) mass is 426 g/mol. The Balaban J connectivity index is 1.83. The van der Waals surface area contributed by atoms with Gasteiger partial charge in [0.1, 0.15) is 23.9 Å². The van der Waals surface area contributed by atoms with Crippen molar-refractivity contribution in [3.8, 4) is 0 Å². The maximum absolute atomic E-state index is 12.6. The number of carbonyl (C=O) groups is 2. The summed E-state index contributed by atoms with van der Waals surface area (Å²) in [5.74, 6) is -3.40. The van der Waals surface area contributed by atoms with Crippen LogP contribution in [0.3, 0.4) is 0 Å². The zero-order valence-electron chi connectivity index (χ0n) is 16.6. The molecule has 0 aromatic carbocycles. The number of hydrogen-bond acceptors (Lipinski definition) is 10. The predicted octanol–water partition coefficient (Wildman–Crippen LogP) is -2.98. The highest BCUT2D eigenvalue weighted by Crippen LogP contribution is 2.73. The van der Waals surface area contributed by atoms with E-state index in [2.05, 4.69) is 0 Å². The van der Waals surface area contributed by atoms with E-state index in [1.54, 1.807) is 13.8 Å². The first-order valence-electron chi connectivity index (χ1n) is 10.1. The van der Waals surface area contributed by atoms with Gasteiger partial charge in [-0.05, 0) is 25.3 Å². The quantitative estimate of drug-likeness (QED) is 0.237. The molecular weight excluding hydrogens is 400 g/mol. The zero-order valence-corrected chi connectivity index (χ0v) is 16.6. The Morgan fingerprint density at radius 1 is 1.17 bits per heavy atom. The first kappa shape index (κ1) is 20.5. The summed E-state index contributed by atoms with van der Waals surface area (Å²) in [7, 11) is 0. The van der Waals surface area contributed by atoms with Crippen molar-refractivity contribution in [3.63, 3.8) is 0 Å². The summed E-state index contributed by atoms with van der Waals surface area (Å²) in [5.41, 5.74) is -7.15. The van der Waals surface area contributed by atoms with E-state index in [1.807, 2.05) is 0 Å². The number of ether oxygens (including phenoxy) is 2. The fraction of sp³-hybridized carbons (Fsp3) is 0.800. The van der Waals surface area contributed by atoms with Crippen LogP contribution < -0.4 is 0 Å². The number of fused-ring (bicyclic) bond motifs is 2. The van der Waals surface area contributed by atoms with Crippen molar-refractivity contribution in [2.75, 3.05) is 13.2 Å². The van der Waals surface area contributed by atoms with Crippen LogP contribution in [0.1, 0.15) is 20.3 Å². The van der Waals surface area contributed by atoms with Crippen LogP contribution in [0.25, 0.3) is 0 Å². The van der Waals surface area contributed by atoms with Gasteiger partial charge in [-0.15, -0.1) is 0 Å². The van der Waals surface area contributed by atoms with E-state index < -0.39 is 82.7 Å². The van der Waals surface area contributed by atoms with Crippen molar-refractivity contribution < 1.29 is 49.7 Å². The molecular formula is C20H26O10. The second kappa shape index (κ2) is 5.69. The van der Waals surface area contributed by atoms with Gasteiger partial charge in [0, 0.05) is 11.3 Å². The number of allylic oxidation sites excluding steroid dienone is 1. The third-order valence-corrected chi connectivity index (χ3v) is 8.96. The second-order valence-corrected chi connectivity index (χ2v) is 9.73. The Labute approximate surface area is 171 Å². The summed E-state index contributed by atoms with van der Waals surface area (Å²) in [6.07, 6.45) is -6.90. The fourth-order valence-electron chi connectivity index (χ4n) is 7.64. The molecule has 2 bridgehead atoms. The summed E-state index contributed by atoms with van der Waals surface area (Å²) in [5, 5.41) is 66.0. The Morgan fingerprint density at radius 2 is 1.83 bits per heavy atom. The molecule has 11 atom stereocenters. The first-order chi connectivity index (χ1) is 13.9. The standard InChI is InChI=1S/C20H26O10/c1-7-3-9(22)13(24)17(2)8(7)4-10-18-6-29-19(5-21,14(25)11(23)12(17)18)20(18,28)15(26)16(27)30-10/h3,8,10-15,21,23-26,28H,4-6H2,1-2H3/t8-,10+,11+,12+,13+,14-,15-,17-,18?,19+,20-/m1/s1. The molecule has 5 rings (SSSR count). The van der Waals surface area contributed by atoms with Gasteiger partial charge in [-0.25, -0.2) is 4.79 Å². The normalized spacial score (nSPS) is 59.2. The molecule has 3 aliphatic carbocycles. The molecule has 166 valence electrons. The minimum absolute atomic E-state index is 0.105. The molecule has 5 aliphatic rings. The van der Waals surface area contributed by atoms with E-state index in [9.17, 15) is 40.2 Å². The van der Waals surface area contributed by atoms with Crippen LogP contribution in [0.4, 0.5) is 0 Å². The number of aliphatic hydroxyl groups excluding tert-OH is 5. The van der Waals surface area contributed by atoms with Gasteiger partial charge < -0.3 is 40.1 Å². The maximum Gasteiger partial charge on any atom is 0.338 e. The average Bonchev–Trinajstić information content (AvgIpc) is 2.91. The SMILES string of the molecule is CC1=CC(=O)[C@H](O)[C@]2(C)[C@@H]1C[C@@H]1OC(=O)[C@@H](O)[C@@]3(O)C14CO[C@@]3(CO)[C@H](O)[C@@H](O)[C@H]42. The van der Waals surface area contributed by atoms with Crippen molar-refractivity contribution in [1.82, 2.24) is 0 Å². The summed E-state index contributed by atoms with van der Waals surface area (Å²) < 4.78 is 11.2. The van der Waals surface area contributed by atoms with Crippen molar-refractivity contribution in [1.29, 1.82) is 0 Å². The van der Waals surface area contributed by atoms with Gasteiger partial charge in [0.2, 0.25) is 0 Å². The number of esters is 1. The van der Waals surface area contributed by atoms with E-state index in [1.165, 1.54) is 6.08 Å². The lowest BCUT2D eigenvalue weighted by molar-refractivity contribution is -0.357. The molecule has 10 nitrogen and oxygen atoms in total. The third kappa shape index (κ3) is 1.72. The van der Waals surface area contributed by atoms with Gasteiger partial charge >= 0.3 is 5.97 Å². The van der Waals surface area contributed by atoms with Crippen molar-refractivity contribution in [2.45, 2.75) is 62.0 Å². The van der Waals surface area contributed by atoms with Gasteiger partial charge in [0.25, 0.3) is 0 Å². The number of carbonyl (C=O) groups excluding carboxylic acids is 2. The Bertz CT molecular complexity index is 872. The minimum Gasteiger partial charge on any atom is -0.460 e. The minimum atomic E-state index is -2.51. The Hall–Kier alpha value is -1.40. The van der Waals surface area contributed by atoms with Gasteiger partial charge in [0.15, 0.2) is 17.5 Å².